The van der Waals surface area contributed by atoms with Gasteiger partial charge in [-0.3, -0.25) is 4.99 Å². The Kier molecular flexibility index (Phi) is 5.65. The molecule has 1 aliphatic rings. The van der Waals surface area contributed by atoms with Gasteiger partial charge in [-0.1, -0.05) is 28.1 Å². The molecule has 0 aromatic heterocycles. The lowest BCUT2D eigenvalue weighted by atomic mass is 9.80. The molecule has 0 radical (unpaired) electrons. The topological polar surface area (TPSA) is 47.9 Å². The van der Waals surface area contributed by atoms with Gasteiger partial charge in [-0.15, -0.1) is 0 Å². The summed E-state index contributed by atoms with van der Waals surface area (Å²) in [7, 11) is 2.02. The van der Waals surface area contributed by atoms with Crippen LogP contribution >= 0.6 is 15.9 Å². The summed E-state index contributed by atoms with van der Waals surface area (Å²) in [6.07, 6.45) is 2.84. The molecule has 0 atom stereocenters. The fourth-order valence-corrected chi connectivity index (χ4v) is 2.64. The predicted molar refractivity (Wildman–Crippen MR) is 90.4 cm³/mol. The van der Waals surface area contributed by atoms with E-state index in [-0.39, 0.29) is 0 Å². The molecule has 0 aliphatic heterocycles. The normalized spacial score (nSPS) is 17.2. The molecule has 2 N–H and O–H groups in total. The van der Waals surface area contributed by atoms with Crippen LogP contribution in [0.3, 0.4) is 0 Å². The largest absolute Gasteiger partial charge is 0.388 e. The zero-order valence-corrected chi connectivity index (χ0v) is 14.4. The molecule has 1 aromatic rings. The highest BCUT2D eigenvalue weighted by Crippen LogP contribution is 2.31. The highest BCUT2D eigenvalue weighted by atomic mass is 79.9. The first-order valence-electron chi connectivity index (χ1n) is 7.49. The van der Waals surface area contributed by atoms with Gasteiger partial charge >= 0.3 is 0 Å². The fraction of sp³-hybridized carbons (Fsp3) is 0.562. The lowest BCUT2D eigenvalue weighted by molar-refractivity contribution is -0.0237. The van der Waals surface area contributed by atoms with Crippen molar-refractivity contribution in [3.8, 4) is 0 Å². The highest BCUT2D eigenvalue weighted by molar-refractivity contribution is 9.10. The summed E-state index contributed by atoms with van der Waals surface area (Å²) in [5, 5.41) is 13.5. The van der Waals surface area contributed by atoms with Gasteiger partial charge in [0.1, 0.15) is 0 Å². The smallest absolute Gasteiger partial charge is 0.194 e. The average Bonchev–Trinajstić information content (AvgIpc) is 2.43. The Morgan fingerprint density at radius 2 is 2.05 bits per heavy atom. The maximum atomic E-state index is 10.2. The van der Waals surface area contributed by atoms with Crippen LogP contribution in [0.2, 0.25) is 0 Å². The third kappa shape index (κ3) is 4.71. The van der Waals surface area contributed by atoms with Crippen LogP contribution in [0.25, 0.3) is 0 Å². The quantitative estimate of drug-likeness (QED) is 0.632. The van der Waals surface area contributed by atoms with Crippen molar-refractivity contribution in [2.24, 2.45) is 4.99 Å². The molecule has 1 fully saturated rings. The molecule has 0 heterocycles. The van der Waals surface area contributed by atoms with Gasteiger partial charge in [0.05, 0.1) is 12.1 Å². The third-order valence-electron chi connectivity index (χ3n) is 3.84. The van der Waals surface area contributed by atoms with E-state index in [0.717, 1.165) is 42.8 Å². The number of nitrogens with one attached hydrogen (secondary N) is 1. The van der Waals surface area contributed by atoms with Crippen LogP contribution in [-0.2, 0) is 6.54 Å². The van der Waals surface area contributed by atoms with Crippen molar-refractivity contribution in [2.45, 2.75) is 38.3 Å². The molecule has 0 saturated heterocycles. The van der Waals surface area contributed by atoms with Crippen molar-refractivity contribution >= 4 is 21.9 Å². The molecule has 1 aromatic carbocycles. The highest BCUT2D eigenvalue weighted by Gasteiger charge is 2.34. The van der Waals surface area contributed by atoms with Gasteiger partial charge in [-0.25, -0.2) is 0 Å². The molecular formula is C16H24BrN3O. The summed E-state index contributed by atoms with van der Waals surface area (Å²) in [4.78, 5) is 6.69. The van der Waals surface area contributed by atoms with E-state index in [4.69, 9.17) is 0 Å². The maximum absolute atomic E-state index is 10.2. The first kappa shape index (κ1) is 16.3. The Bertz CT molecular complexity index is 483. The minimum atomic E-state index is -0.570. The van der Waals surface area contributed by atoms with Crippen LogP contribution in [0.5, 0.6) is 0 Å². The third-order valence-corrected chi connectivity index (χ3v) is 4.37. The van der Waals surface area contributed by atoms with Crippen molar-refractivity contribution in [1.29, 1.82) is 0 Å². The number of aliphatic imine (C=N–C) groups is 1. The van der Waals surface area contributed by atoms with E-state index in [9.17, 15) is 5.11 Å². The number of nitrogens with zero attached hydrogens (tertiary/aromatic N) is 2. The molecule has 0 amide bonds. The Morgan fingerprint density at radius 3 is 2.57 bits per heavy atom. The molecule has 21 heavy (non-hydrogen) atoms. The van der Waals surface area contributed by atoms with E-state index < -0.39 is 5.60 Å². The molecule has 0 unspecified atom stereocenters. The molecule has 4 nitrogen and oxygen atoms in total. The number of hydrogen-bond acceptors (Lipinski definition) is 2. The Balaban J connectivity index is 1.98. The summed E-state index contributed by atoms with van der Waals surface area (Å²) in [6, 6.07) is 8.29. The zero-order valence-electron chi connectivity index (χ0n) is 12.8. The SMILES string of the molecule is CCNC(=NCC1(O)CCC1)N(C)Cc1ccc(Br)cc1. The molecule has 0 spiro atoms. The zero-order chi connectivity index (χ0) is 15.3. The van der Waals surface area contributed by atoms with Gasteiger partial charge in [-0.2, -0.15) is 0 Å². The van der Waals surface area contributed by atoms with Crippen molar-refractivity contribution in [3.05, 3.63) is 34.3 Å². The van der Waals surface area contributed by atoms with Crippen LogP contribution in [0.4, 0.5) is 0 Å². The van der Waals surface area contributed by atoms with Gasteiger partial charge in [0.25, 0.3) is 0 Å². The van der Waals surface area contributed by atoms with Gasteiger partial charge in [0.15, 0.2) is 5.96 Å². The van der Waals surface area contributed by atoms with Crippen LogP contribution in [0, 0.1) is 0 Å². The van der Waals surface area contributed by atoms with Crippen molar-refractivity contribution < 1.29 is 5.11 Å². The van der Waals surface area contributed by atoms with Crippen LogP contribution in [0.15, 0.2) is 33.7 Å². The predicted octanol–water partition coefficient (Wildman–Crippen LogP) is 2.76. The second-order valence-corrected chi connectivity index (χ2v) is 6.65. The molecule has 1 aliphatic carbocycles. The maximum Gasteiger partial charge on any atom is 0.194 e. The number of hydrogen-bond donors (Lipinski definition) is 2. The van der Waals surface area contributed by atoms with Gasteiger partial charge in [0.2, 0.25) is 0 Å². The second kappa shape index (κ2) is 7.27. The van der Waals surface area contributed by atoms with E-state index >= 15 is 0 Å². The minimum Gasteiger partial charge on any atom is -0.388 e. The van der Waals surface area contributed by atoms with Crippen LogP contribution < -0.4 is 5.32 Å². The summed E-state index contributed by atoms with van der Waals surface area (Å²) in [5.74, 6) is 0.848. The Labute approximate surface area is 135 Å². The molecule has 0 bridgehead atoms. The second-order valence-electron chi connectivity index (χ2n) is 5.73. The first-order chi connectivity index (χ1) is 10.0. The number of rotatable bonds is 5. The monoisotopic (exact) mass is 353 g/mol. The fourth-order valence-electron chi connectivity index (χ4n) is 2.37. The van der Waals surface area contributed by atoms with Crippen molar-refractivity contribution in [2.75, 3.05) is 20.1 Å². The van der Waals surface area contributed by atoms with Crippen molar-refractivity contribution in [1.82, 2.24) is 10.2 Å². The standard InChI is InChI=1S/C16H24BrN3O/c1-3-18-15(19-12-16(21)9-4-10-16)20(2)11-13-5-7-14(17)8-6-13/h5-8,21H,3-4,9-12H2,1-2H3,(H,18,19). The summed E-state index contributed by atoms with van der Waals surface area (Å²) in [5.41, 5.74) is 0.660. The van der Waals surface area contributed by atoms with E-state index in [1.54, 1.807) is 0 Å². The summed E-state index contributed by atoms with van der Waals surface area (Å²) >= 11 is 3.45. The molecule has 1 saturated carbocycles. The number of halogens is 1. The van der Waals surface area contributed by atoms with Gasteiger partial charge in [0, 0.05) is 24.6 Å². The molecule has 116 valence electrons. The Morgan fingerprint density at radius 1 is 1.38 bits per heavy atom. The van der Waals surface area contributed by atoms with E-state index in [1.165, 1.54) is 5.56 Å². The van der Waals surface area contributed by atoms with E-state index in [2.05, 4.69) is 50.2 Å². The van der Waals surface area contributed by atoms with Crippen molar-refractivity contribution in [3.63, 3.8) is 0 Å². The first-order valence-corrected chi connectivity index (χ1v) is 8.28. The van der Waals surface area contributed by atoms with E-state index in [0.29, 0.717) is 6.54 Å². The minimum absolute atomic E-state index is 0.486. The van der Waals surface area contributed by atoms with Crippen LogP contribution in [0.1, 0.15) is 31.7 Å². The molecule has 2 rings (SSSR count). The van der Waals surface area contributed by atoms with Crippen LogP contribution in [-0.4, -0.2) is 41.7 Å². The lowest BCUT2D eigenvalue weighted by Gasteiger charge is -2.35. The number of aliphatic hydroxyl groups is 1. The molecule has 5 heteroatoms. The number of benzene rings is 1. The number of guanidine groups is 1. The Hall–Kier alpha value is -1.07. The average molecular weight is 354 g/mol. The lowest BCUT2D eigenvalue weighted by Crippen LogP contribution is -2.43. The van der Waals surface area contributed by atoms with Gasteiger partial charge in [-0.05, 0) is 43.9 Å². The van der Waals surface area contributed by atoms with Gasteiger partial charge < -0.3 is 15.3 Å². The summed E-state index contributed by atoms with van der Waals surface area (Å²) < 4.78 is 1.08. The van der Waals surface area contributed by atoms with E-state index in [1.807, 2.05) is 19.2 Å². The molecular weight excluding hydrogens is 330 g/mol. The summed E-state index contributed by atoms with van der Waals surface area (Å²) in [6.45, 7) is 4.15.